The first-order chi connectivity index (χ1) is 10.1. The quantitative estimate of drug-likeness (QED) is 0.653. The molecule has 2 aromatic carbocycles. The van der Waals surface area contributed by atoms with E-state index in [-0.39, 0.29) is 0 Å². The Hall–Kier alpha value is -2.82. The number of carbonyl (C=O) groups is 1. The molecule has 5 heteroatoms. The van der Waals surface area contributed by atoms with Crippen LogP contribution in [0.15, 0.2) is 53.6 Å². The van der Waals surface area contributed by atoms with Gasteiger partial charge in [-0.25, -0.2) is 10.2 Å². The van der Waals surface area contributed by atoms with Gasteiger partial charge in [-0.05, 0) is 47.9 Å². The number of amides is 2. The van der Waals surface area contributed by atoms with Gasteiger partial charge in [0, 0.05) is 0 Å². The summed E-state index contributed by atoms with van der Waals surface area (Å²) in [5.74, 6) is 0.776. The van der Waals surface area contributed by atoms with E-state index in [9.17, 15) is 4.79 Å². The molecule has 0 aliphatic heterocycles. The van der Waals surface area contributed by atoms with Crippen molar-refractivity contribution < 1.29 is 9.53 Å². The van der Waals surface area contributed by atoms with Crippen LogP contribution in [0.3, 0.4) is 0 Å². The molecule has 21 heavy (non-hydrogen) atoms. The molecule has 0 spiro atoms. The third kappa shape index (κ3) is 4.65. The standard InChI is InChI=1S/C16H17N3O2/c1-12-4-2-3-5-14(12)11-21-15-8-6-13(7-9-15)10-18-19-16(17)20/h2-10H,11H2,1H3,(H3,17,19,20)/b18-10+. The van der Waals surface area contributed by atoms with Gasteiger partial charge >= 0.3 is 6.03 Å². The van der Waals surface area contributed by atoms with E-state index in [0.717, 1.165) is 16.9 Å². The van der Waals surface area contributed by atoms with Gasteiger partial charge in [-0.3, -0.25) is 0 Å². The maximum absolute atomic E-state index is 10.5. The van der Waals surface area contributed by atoms with Crippen molar-refractivity contribution in [3.05, 3.63) is 65.2 Å². The van der Waals surface area contributed by atoms with Gasteiger partial charge < -0.3 is 10.5 Å². The summed E-state index contributed by atoms with van der Waals surface area (Å²) in [4.78, 5) is 10.5. The number of nitrogens with one attached hydrogen (secondary N) is 1. The lowest BCUT2D eigenvalue weighted by atomic mass is 10.1. The Kier molecular flexibility index (Phi) is 4.93. The molecule has 0 aliphatic carbocycles. The first kappa shape index (κ1) is 14.6. The summed E-state index contributed by atoms with van der Waals surface area (Å²) in [5.41, 5.74) is 10.3. The molecule has 0 saturated carbocycles. The van der Waals surface area contributed by atoms with Gasteiger partial charge in [-0.2, -0.15) is 5.10 Å². The van der Waals surface area contributed by atoms with E-state index in [1.807, 2.05) is 42.5 Å². The Morgan fingerprint density at radius 2 is 1.95 bits per heavy atom. The second kappa shape index (κ2) is 7.09. The van der Waals surface area contributed by atoms with E-state index in [1.54, 1.807) is 0 Å². The number of ether oxygens (including phenoxy) is 1. The zero-order valence-electron chi connectivity index (χ0n) is 11.7. The number of benzene rings is 2. The summed E-state index contributed by atoms with van der Waals surface area (Å²) in [7, 11) is 0. The highest BCUT2D eigenvalue weighted by atomic mass is 16.5. The minimum atomic E-state index is -0.690. The molecule has 108 valence electrons. The number of rotatable bonds is 5. The number of urea groups is 1. The van der Waals surface area contributed by atoms with Crippen molar-refractivity contribution in [2.75, 3.05) is 0 Å². The van der Waals surface area contributed by atoms with Gasteiger partial charge in [-0.1, -0.05) is 24.3 Å². The van der Waals surface area contributed by atoms with Crippen molar-refractivity contribution in [1.29, 1.82) is 0 Å². The maximum Gasteiger partial charge on any atom is 0.332 e. The van der Waals surface area contributed by atoms with Crippen molar-refractivity contribution in [2.45, 2.75) is 13.5 Å². The van der Waals surface area contributed by atoms with Crippen LogP contribution in [0.2, 0.25) is 0 Å². The minimum Gasteiger partial charge on any atom is -0.489 e. The van der Waals surface area contributed by atoms with Gasteiger partial charge in [0.15, 0.2) is 0 Å². The van der Waals surface area contributed by atoms with Crippen LogP contribution in [0.25, 0.3) is 0 Å². The van der Waals surface area contributed by atoms with Crippen LogP contribution in [-0.4, -0.2) is 12.2 Å². The van der Waals surface area contributed by atoms with Gasteiger partial charge in [0.2, 0.25) is 0 Å². The summed E-state index contributed by atoms with van der Waals surface area (Å²) in [5, 5.41) is 3.69. The molecule has 0 fully saturated rings. The predicted molar refractivity (Wildman–Crippen MR) is 82.3 cm³/mol. The van der Waals surface area contributed by atoms with E-state index < -0.39 is 6.03 Å². The first-order valence-electron chi connectivity index (χ1n) is 6.51. The molecule has 2 amide bonds. The third-order valence-electron chi connectivity index (χ3n) is 2.92. The Bertz CT molecular complexity index is 636. The fourth-order valence-electron chi connectivity index (χ4n) is 1.75. The molecule has 5 nitrogen and oxygen atoms in total. The second-order valence-corrected chi connectivity index (χ2v) is 4.52. The van der Waals surface area contributed by atoms with Crippen LogP contribution in [0, 0.1) is 6.92 Å². The largest absolute Gasteiger partial charge is 0.489 e. The molecular weight excluding hydrogens is 266 g/mol. The van der Waals surface area contributed by atoms with Gasteiger partial charge in [0.1, 0.15) is 12.4 Å². The zero-order valence-corrected chi connectivity index (χ0v) is 11.7. The number of carbonyl (C=O) groups excluding carboxylic acids is 1. The number of hydrogen-bond donors (Lipinski definition) is 2. The van der Waals surface area contributed by atoms with E-state index >= 15 is 0 Å². The Balaban J connectivity index is 1.92. The molecule has 2 rings (SSSR count). The van der Waals surface area contributed by atoms with Crippen LogP contribution >= 0.6 is 0 Å². The lowest BCUT2D eigenvalue weighted by Crippen LogP contribution is -2.24. The maximum atomic E-state index is 10.5. The molecule has 0 radical (unpaired) electrons. The molecule has 0 heterocycles. The van der Waals surface area contributed by atoms with Crippen LogP contribution in [-0.2, 0) is 6.61 Å². The van der Waals surface area contributed by atoms with Crippen molar-refractivity contribution in [1.82, 2.24) is 5.43 Å². The lowest BCUT2D eigenvalue weighted by molar-refractivity contribution is 0.249. The van der Waals surface area contributed by atoms with E-state index in [2.05, 4.69) is 23.5 Å². The summed E-state index contributed by atoms with van der Waals surface area (Å²) in [6.45, 7) is 2.59. The third-order valence-corrected chi connectivity index (χ3v) is 2.92. The molecule has 0 aliphatic rings. The van der Waals surface area contributed by atoms with Crippen molar-refractivity contribution in [3.8, 4) is 5.75 Å². The highest BCUT2D eigenvalue weighted by Crippen LogP contribution is 2.15. The van der Waals surface area contributed by atoms with E-state index in [1.165, 1.54) is 11.8 Å². The fraction of sp³-hybridized carbons (Fsp3) is 0.125. The van der Waals surface area contributed by atoms with E-state index in [4.69, 9.17) is 10.5 Å². The molecule has 2 aromatic rings. The highest BCUT2D eigenvalue weighted by Gasteiger charge is 1.99. The average molecular weight is 283 g/mol. The topological polar surface area (TPSA) is 76.7 Å². The smallest absolute Gasteiger partial charge is 0.332 e. The van der Waals surface area contributed by atoms with Crippen LogP contribution in [0.1, 0.15) is 16.7 Å². The van der Waals surface area contributed by atoms with Gasteiger partial charge in [-0.15, -0.1) is 0 Å². The predicted octanol–water partition coefficient (Wildman–Crippen LogP) is 2.58. The van der Waals surface area contributed by atoms with Crippen LogP contribution < -0.4 is 15.9 Å². The Labute approximate surface area is 123 Å². The zero-order chi connectivity index (χ0) is 15.1. The van der Waals surface area contributed by atoms with Gasteiger partial charge in [0.25, 0.3) is 0 Å². The number of hydrazone groups is 1. The number of hydrogen-bond acceptors (Lipinski definition) is 3. The second-order valence-electron chi connectivity index (χ2n) is 4.52. The minimum absolute atomic E-state index is 0.531. The summed E-state index contributed by atoms with van der Waals surface area (Å²) >= 11 is 0. The summed E-state index contributed by atoms with van der Waals surface area (Å²) < 4.78 is 5.74. The highest BCUT2D eigenvalue weighted by molar-refractivity contribution is 5.81. The normalized spacial score (nSPS) is 10.5. The van der Waals surface area contributed by atoms with Crippen molar-refractivity contribution in [3.63, 3.8) is 0 Å². The molecule has 0 saturated heterocycles. The Morgan fingerprint density at radius 1 is 1.24 bits per heavy atom. The first-order valence-corrected chi connectivity index (χ1v) is 6.51. The molecule has 0 aromatic heterocycles. The van der Waals surface area contributed by atoms with Crippen LogP contribution in [0.5, 0.6) is 5.75 Å². The molecule has 3 N–H and O–H groups in total. The number of aryl methyl sites for hydroxylation is 1. The number of nitrogens with two attached hydrogens (primary N) is 1. The number of nitrogens with zero attached hydrogens (tertiary/aromatic N) is 1. The molecular formula is C16H17N3O2. The SMILES string of the molecule is Cc1ccccc1COc1ccc(/C=N/NC(N)=O)cc1. The van der Waals surface area contributed by atoms with Gasteiger partial charge in [0.05, 0.1) is 6.21 Å². The molecule has 0 bridgehead atoms. The average Bonchev–Trinajstić information content (AvgIpc) is 2.47. The van der Waals surface area contributed by atoms with Crippen molar-refractivity contribution >= 4 is 12.2 Å². The Morgan fingerprint density at radius 3 is 2.62 bits per heavy atom. The fourth-order valence-corrected chi connectivity index (χ4v) is 1.75. The monoisotopic (exact) mass is 283 g/mol. The van der Waals surface area contributed by atoms with E-state index in [0.29, 0.717) is 6.61 Å². The van der Waals surface area contributed by atoms with Crippen molar-refractivity contribution in [2.24, 2.45) is 10.8 Å². The molecule has 0 atom stereocenters. The summed E-state index contributed by atoms with van der Waals surface area (Å²) in [6, 6.07) is 14.8. The molecule has 0 unspecified atom stereocenters. The summed E-state index contributed by atoms with van der Waals surface area (Å²) in [6.07, 6.45) is 1.51. The van der Waals surface area contributed by atoms with Crippen LogP contribution in [0.4, 0.5) is 4.79 Å². The number of primary amides is 1. The lowest BCUT2D eigenvalue weighted by Gasteiger charge is -2.08.